The van der Waals surface area contributed by atoms with Crippen molar-refractivity contribution in [3.63, 3.8) is 0 Å². The molecule has 0 bridgehead atoms. The van der Waals surface area contributed by atoms with E-state index in [1.165, 1.54) is 5.56 Å². The molecule has 0 unspecified atom stereocenters. The minimum atomic E-state index is -0.181. The number of ether oxygens (including phenoxy) is 2. The van der Waals surface area contributed by atoms with Gasteiger partial charge >= 0.3 is 0 Å². The first-order valence-corrected chi connectivity index (χ1v) is 8.90. The summed E-state index contributed by atoms with van der Waals surface area (Å²) in [5.74, 6) is 0.647. The van der Waals surface area contributed by atoms with E-state index in [-0.39, 0.29) is 17.6 Å². The van der Waals surface area contributed by atoms with E-state index in [1.807, 2.05) is 17.2 Å². The predicted octanol–water partition coefficient (Wildman–Crippen LogP) is 2.71. The molecule has 5 nitrogen and oxygen atoms in total. The molecule has 0 aromatic carbocycles. The molecule has 1 atom stereocenters. The highest BCUT2D eigenvalue weighted by atomic mass is 16.5. The molecule has 132 valence electrons. The second kappa shape index (κ2) is 7.19. The number of carbonyl (C=O) groups excluding carboxylic acids is 1. The number of aryl methyl sites for hydroxylation is 1. The minimum absolute atomic E-state index is 0.181. The van der Waals surface area contributed by atoms with E-state index >= 15 is 0 Å². The first-order chi connectivity index (χ1) is 11.5. The number of amides is 1. The van der Waals surface area contributed by atoms with Crippen molar-refractivity contribution in [3.8, 4) is 0 Å². The molecule has 2 fully saturated rings. The third-order valence-electron chi connectivity index (χ3n) is 4.96. The Hall–Kier alpha value is -1.46. The summed E-state index contributed by atoms with van der Waals surface area (Å²) < 4.78 is 12.1. The van der Waals surface area contributed by atoms with Crippen molar-refractivity contribution < 1.29 is 14.3 Å². The van der Waals surface area contributed by atoms with Crippen molar-refractivity contribution >= 4 is 5.91 Å². The fraction of sp³-hybridized carbons (Fsp3) is 0.684. The van der Waals surface area contributed by atoms with Gasteiger partial charge in [-0.05, 0) is 36.5 Å². The van der Waals surface area contributed by atoms with Crippen LogP contribution >= 0.6 is 0 Å². The summed E-state index contributed by atoms with van der Waals surface area (Å²) in [4.78, 5) is 18.2. The summed E-state index contributed by atoms with van der Waals surface area (Å²) in [6.07, 6.45) is 6.29. The van der Waals surface area contributed by atoms with Crippen molar-refractivity contribution in [2.45, 2.75) is 58.3 Å². The smallest absolute Gasteiger partial charge is 0.223 e. The van der Waals surface area contributed by atoms with Crippen LogP contribution < -0.4 is 0 Å². The van der Waals surface area contributed by atoms with Gasteiger partial charge in [-0.3, -0.25) is 9.78 Å². The predicted molar refractivity (Wildman–Crippen MR) is 91.5 cm³/mol. The molecule has 2 aliphatic rings. The molecule has 1 aromatic rings. The van der Waals surface area contributed by atoms with Crippen LogP contribution in [0.15, 0.2) is 18.5 Å². The lowest BCUT2D eigenvalue weighted by atomic mass is 9.84. The first kappa shape index (κ1) is 17.4. The number of nitrogens with zero attached hydrogens (tertiary/aromatic N) is 2. The molecule has 1 amide bonds. The van der Waals surface area contributed by atoms with Gasteiger partial charge in [0.05, 0.1) is 25.8 Å². The Labute approximate surface area is 144 Å². The van der Waals surface area contributed by atoms with Crippen molar-refractivity contribution in [2.75, 3.05) is 19.7 Å². The van der Waals surface area contributed by atoms with E-state index < -0.39 is 0 Å². The molecule has 5 heteroatoms. The fourth-order valence-electron chi connectivity index (χ4n) is 3.50. The number of pyridine rings is 1. The largest absolute Gasteiger partial charge is 0.373 e. The van der Waals surface area contributed by atoms with Crippen LogP contribution in [0.2, 0.25) is 0 Å². The Kier molecular flexibility index (Phi) is 5.21. The maximum absolute atomic E-state index is 12.1. The van der Waals surface area contributed by atoms with Crippen LogP contribution in [0.5, 0.6) is 0 Å². The summed E-state index contributed by atoms with van der Waals surface area (Å²) in [5, 5.41) is 0. The van der Waals surface area contributed by atoms with E-state index in [2.05, 4.69) is 25.8 Å². The van der Waals surface area contributed by atoms with Gasteiger partial charge in [-0.1, -0.05) is 13.8 Å². The number of carbonyl (C=O) groups is 1. The van der Waals surface area contributed by atoms with Crippen LogP contribution in [-0.2, 0) is 20.9 Å². The van der Waals surface area contributed by atoms with Gasteiger partial charge in [-0.15, -0.1) is 0 Å². The monoisotopic (exact) mass is 332 g/mol. The number of likely N-dealkylation sites (tertiary alicyclic amines) is 1. The van der Waals surface area contributed by atoms with Gasteiger partial charge in [-0.25, -0.2) is 0 Å². The number of rotatable bonds is 5. The quantitative estimate of drug-likeness (QED) is 0.832. The molecule has 0 N–H and O–H groups in total. The van der Waals surface area contributed by atoms with Crippen molar-refractivity contribution in [1.29, 1.82) is 0 Å². The molecule has 2 aliphatic heterocycles. The SMILES string of the molecule is Cc1ccncc1CO[C@H]1CCOC2(C1)CN(C(=O)CC(C)C)C2. The van der Waals surface area contributed by atoms with Gasteiger partial charge < -0.3 is 14.4 Å². The number of hydrogen-bond donors (Lipinski definition) is 0. The number of hydrogen-bond acceptors (Lipinski definition) is 4. The highest BCUT2D eigenvalue weighted by Gasteiger charge is 2.49. The molecule has 3 rings (SSSR count). The highest BCUT2D eigenvalue weighted by molar-refractivity contribution is 5.77. The normalized spacial score (nSPS) is 22.7. The summed E-state index contributed by atoms with van der Waals surface area (Å²) in [5.41, 5.74) is 2.17. The van der Waals surface area contributed by atoms with Crippen LogP contribution in [0.25, 0.3) is 0 Å². The molecule has 0 aliphatic carbocycles. The lowest BCUT2D eigenvalue weighted by Gasteiger charge is -2.53. The Morgan fingerprint density at radius 2 is 2.29 bits per heavy atom. The molecule has 24 heavy (non-hydrogen) atoms. The van der Waals surface area contributed by atoms with Gasteiger partial charge in [0.1, 0.15) is 5.60 Å². The molecule has 1 aromatic heterocycles. The average Bonchev–Trinajstić information content (AvgIpc) is 2.51. The second-order valence-electron chi connectivity index (χ2n) is 7.61. The maximum Gasteiger partial charge on any atom is 0.223 e. The van der Waals surface area contributed by atoms with Crippen LogP contribution in [0, 0.1) is 12.8 Å². The van der Waals surface area contributed by atoms with E-state index in [1.54, 1.807) is 6.20 Å². The van der Waals surface area contributed by atoms with Gasteiger partial charge in [-0.2, -0.15) is 0 Å². The molecule has 0 saturated carbocycles. The van der Waals surface area contributed by atoms with Gasteiger partial charge in [0, 0.05) is 31.8 Å². The third kappa shape index (κ3) is 3.95. The lowest BCUT2D eigenvalue weighted by Crippen LogP contribution is -2.67. The van der Waals surface area contributed by atoms with Gasteiger partial charge in [0.2, 0.25) is 5.91 Å². The Bertz CT molecular complexity index is 582. The Balaban J connectivity index is 1.49. The molecule has 1 spiro atoms. The van der Waals surface area contributed by atoms with Crippen molar-refractivity contribution in [1.82, 2.24) is 9.88 Å². The molecule has 0 radical (unpaired) electrons. The summed E-state index contributed by atoms with van der Waals surface area (Å²) in [6.45, 7) is 8.97. The summed E-state index contributed by atoms with van der Waals surface area (Å²) >= 11 is 0. The molecule has 2 saturated heterocycles. The molecular weight excluding hydrogens is 304 g/mol. The standard InChI is InChI=1S/C19H28N2O3/c1-14(2)8-18(22)21-12-19(13-21)9-17(5-7-24-19)23-11-16-10-20-6-4-15(16)3/h4,6,10,14,17H,5,7-9,11-13H2,1-3H3/t17-/m0/s1. The van der Waals surface area contributed by atoms with E-state index in [0.29, 0.717) is 38.6 Å². The number of aromatic nitrogens is 1. The average molecular weight is 332 g/mol. The zero-order chi connectivity index (χ0) is 17.2. The maximum atomic E-state index is 12.1. The second-order valence-corrected chi connectivity index (χ2v) is 7.61. The van der Waals surface area contributed by atoms with E-state index in [9.17, 15) is 4.79 Å². The molecule has 3 heterocycles. The Morgan fingerprint density at radius 3 is 3.00 bits per heavy atom. The van der Waals surface area contributed by atoms with Crippen molar-refractivity contribution in [2.24, 2.45) is 5.92 Å². The first-order valence-electron chi connectivity index (χ1n) is 8.90. The van der Waals surface area contributed by atoms with Crippen LogP contribution in [-0.4, -0.2) is 47.2 Å². The lowest BCUT2D eigenvalue weighted by molar-refractivity contribution is -0.202. The van der Waals surface area contributed by atoms with Crippen LogP contribution in [0.4, 0.5) is 0 Å². The fourth-order valence-corrected chi connectivity index (χ4v) is 3.50. The van der Waals surface area contributed by atoms with E-state index in [0.717, 1.165) is 18.4 Å². The van der Waals surface area contributed by atoms with Gasteiger partial charge in [0.15, 0.2) is 0 Å². The van der Waals surface area contributed by atoms with Gasteiger partial charge in [0.25, 0.3) is 0 Å². The minimum Gasteiger partial charge on any atom is -0.373 e. The summed E-state index contributed by atoms with van der Waals surface area (Å²) in [6, 6.07) is 2.01. The zero-order valence-corrected chi connectivity index (χ0v) is 15.0. The van der Waals surface area contributed by atoms with Crippen LogP contribution in [0.1, 0.15) is 44.2 Å². The molecular formula is C19H28N2O3. The zero-order valence-electron chi connectivity index (χ0n) is 15.0. The summed E-state index contributed by atoms with van der Waals surface area (Å²) in [7, 11) is 0. The van der Waals surface area contributed by atoms with E-state index in [4.69, 9.17) is 9.47 Å². The topological polar surface area (TPSA) is 51.7 Å². The van der Waals surface area contributed by atoms with Crippen LogP contribution in [0.3, 0.4) is 0 Å². The third-order valence-corrected chi connectivity index (χ3v) is 4.96. The highest BCUT2D eigenvalue weighted by Crippen LogP contribution is 2.36. The van der Waals surface area contributed by atoms with Crippen molar-refractivity contribution in [3.05, 3.63) is 29.6 Å². The Morgan fingerprint density at radius 1 is 1.50 bits per heavy atom.